The minimum Gasteiger partial charge on any atom is -0.481 e. The Morgan fingerprint density at radius 1 is 0.857 bits per heavy atom. The number of carbonyl (C=O) groups excluding carboxylic acids is 2. The molecule has 1 aromatic heterocycles. The van der Waals surface area contributed by atoms with Crippen LogP contribution in [0.25, 0.3) is 22.3 Å². The van der Waals surface area contributed by atoms with E-state index in [1.54, 1.807) is 48.5 Å². The van der Waals surface area contributed by atoms with E-state index in [2.05, 4.69) is 10.6 Å². The average molecular weight is 470 g/mol. The zero-order chi connectivity index (χ0) is 24.9. The Labute approximate surface area is 200 Å². The number of aryl methyl sites for hydroxylation is 1. The molecule has 0 fully saturated rings. The number of nitrogens with one attached hydrogen (secondary N) is 2. The van der Waals surface area contributed by atoms with Crippen LogP contribution in [-0.4, -0.2) is 29.4 Å². The Morgan fingerprint density at radius 2 is 1.51 bits per heavy atom. The molecule has 0 aliphatic carbocycles. The third kappa shape index (κ3) is 5.62. The van der Waals surface area contributed by atoms with Crippen molar-refractivity contribution in [1.29, 1.82) is 0 Å². The van der Waals surface area contributed by atoms with Crippen LogP contribution in [0.2, 0.25) is 0 Å². The van der Waals surface area contributed by atoms with Gasteiger partial charge in [0.25, 0.3) is 11.8 Å². The van der Waals surface area contributed by atoms with Crippen molar-refractivity contribution in [3.8, 4) is 11.3 Å². The summed E-state index contributed by atoms with van der Waals surface area (Å²) in [6.07, 6.45) is -0.161. The van der Waals surface area contributed by atoms with Gasteiger partial charge in [0.15, 0.2) is 5.43 Å². The summed E-state index contributed by atoms with van der Waals surface area (Å²) in [4.78, 5) is 47.7. The number of hydrogen-bond acceptors (Lipinski definition) is 5. The summed E-state index contributed by atoms with van der Waals surface area (Å²) in [6, 6.07) is 19.8. The molecule has 8 nitrogen and oxygen atoms in total. The maximum Gasteiger partial charge on any atom is 0.305 e. The van der Waals surface area contributed by atoms with Gasteiger partial charge < -0.3 is 20.2 Å². The molecule has 1 heterocycles. The van der Waals surface area contributed by atoms with Crippen LogP contribution in [0, 0.1) is 6.92 Å². The molecule has 3 N–H and O–H groups in total. The molecule has 0 radical (unpaired) electrons. The van der Waals surface area contributed by atoms with E-state index in [4.69, 9.17) is 9.52 Å². The second kappa shape index (κ2) is 10.0. The number of carbonyl (C=O) groups is 3. The maximum absolute atomic E-state index is 12.6. The molecule has 35 heavy (non-hydrogen) atoms. The molecule has 0 saturated carbocycles. The van der Waals surface area contributed by atoms with Crippen molar-refractivity contribution in [3.05, 3.63) is 99.7 Å². The van der Waals surface area contributed by atoms with Crippen molar-refractivity contribution in [1.82, 2.24) is 5.32 Å². The molecule has 176 valence electrons. The first-order valence-electron chi connectivity index (χ1n) is 10.9. The number of rotatable bonds is 7. The van der Waals surface area contributed by atoms with Gasteiger partial charge in [-0.3, -0.25) is 19.2 Å². The monoisotopic (exact) mass is 470 g/mol. The first-order chi connectivity index (χ1) is 16.8. The number of fused-ring (bicyclic) bond motifs is 1. The number of benzene rings is 3. The molecule has 2 amide bonds. The minimum atomic E-state index is -0.992. The van der Waals surface area contributed by atoms with Gasteiger partial charge in [-0.2, -0.15) is 0 Å². The Balaban J connectivity index is 1.43. The van der Waals surface area contributed by atoms with Gasteiger partial charge in [-0.1, -0.05) is 23.8 Å². The van der Waals surface area contributed by atoms with E-state index in [9.17, 15) is 19.2 Å². The van der Waals surface area contributed by atoms with E-state index in [1.807, 2.05) is 13.0 Å². The highest BCUT2D eigenvalue weighted by atomic mass is 16.4. The maximum atomic E-state index is 12.6. The molecule has 0 atom stereocenters. The molecule has 8 heteroatoms. The Hall–Kier alpha value is -4.72. The molecule has 4 rings (SSSR count). The summed E-state index contributed by atoms with van der Waals surface area (Å²) in [5.41, 5.74) is 3.26. The SMILES string of the molecule is Cc1ccc2oc(-c3ccc(C(=O)Nc4ccc(C(=O)NCCC(=O)O)cc4)cc3)cc(=O)c2c1. The zero-order valence-electron chi connectivity index (χ0n) is 18.8. The van der Waals surface area contributed by atoms with Crippen LogP contribution >= 0.6 is 0 Å². The number of aliphatic carboxylic acids is 1. The number of amides is 2. The van der Waals surface area contributed by atoms with Gasteiger partial charge in [-0.05, 0) is 55.5 Å². The Morgan fingerprint density at radius 3 is 2.20 bits per heavy atom. The normalized spacial score (nSPS) is 10.7. The third-order valence-electron chi connectivity index (χ3n) is 5.34. The lowest BCUT2D eigenvalue weighted by Crippen LogP contribution is -2.25. The quantitative estimate of drug-likeness (QED) is 0.371. The molecule has 0 spiro atoms. The van der Waals surface area contributed by atoms with Gasteiger partial charge >= 0.3 is 5.97 Å². The summed E-state index contributed by atoms with van der Waals surface area (Å²) in [6.45, 7) is 1.94. The molecule has 4 aromatic rings. The number of anilines is 1. The van der Waals surface area contributed by atoms with Crippen LogP contribution in [0.5, 0.6) is 0 Å². The lowest BCUT2D eigenvalue weighted by molar-refractivity contribution is -0.136. The molecule has 3 aromatic carbocycles. The first kappa shape index (κ1) is 23.4. The van der Waals surface area contributed by atoms with E-state index in [-0.39, 0.29) is 24.3 Å². The summed E-state index contributed by atoms with van der Waals surface area (Å²) in [5.74, 6) is -1.32. The van der Waals surface area contributed by atoms with Gasteiger partial charge in [0, 0.05) is 35.0 Å². The van der Waals surface area contributed by atoms with E-state index in [0.29, 0.717) is 39.1 Å². The molecule has 0 bridgehead atoms. The van der Waals surface area contributed by atoms with Gasteiger partial charge in [-0.25, -0.2) is 0 Å². The molecule has 0 saturated heterocycles. The smallest absolute Gasteiger partial charge is 0.305 e. The predicted octanol–water partition coefficient (Wildman–Crippen LogP) is 4.23. The lowest BCUT2D eigenvalue weighted by atomic mass is 10.1. The number of carboxylic acids is 1. The fourth-order valence-electron chi connectivity index (χ4n) is 3.49. The van der Waals surface area contributed by atoms with E-state index >= 15 is 0 Å². The lowest BCUT2D eigenvalue weighted by Gasteiger charge is -2.08. The van der Waals surface area contributed by atoms with Crippen LogP contribution in [-0.2, 0) is 4.79 Å². The largest absolute Gasteiger partial charge is 0.481 e. The average Bonchev–Trinajstić information content (AvgIpc) is 2.84. The zero-order valence-corrected chi connectivity index (χ0v) is 18.8. The van der Waals surface area contributed by atoms with Gasteiger partial charge in [0.1, 0.15) is 11.3 Å². The molecular formula is C27H22N2O6. The van der Waals surface area contributed by atoms with Gasteiger partial charge in [0.05, 0.1) is 11.8 Å². The highest BCUT2D eigenvalue weighted by molar-refractivity contribution is 6.04. The first-order valence-corrected chi connectivity index (χ1v) is 10.9. The third-order valence-corrected chi connectivity index (χ3v) is 5.34. The number of carboxylic acid groups (broad SMARTS) is 1. The fourth-order valence-corrected chi connectivity index (χ4v) is 3.49. The summed E-state index contributed by atoms with van der Waals surface area (Å²) < 4.78 is 5.88. The highest BCUT2D eigenvalue weighted by Gasteiger charge is 2.11. The van der Waals surface area contributed by atoms with E-state index in [1.165, 1.54) is 18.2 Å². The Bertz CT molecular complexity index is 1470. The van der Waals surface area contributed by atoms with Crippen LogP contribution < -0.4 is 16.1 Å². The summed E-state index contributed by atoms with van der Waals surface area (Å²) >= 11 is 0. The summed E-state index contributed by atoms with van der Waals surface area (Å²) in [7, 11) is 0. The second-order valence-corrected chi connectivity index (χ2v) is 7.98. The van der Waals surface area contributed by atoms with Crippen LogP contribution in [0.15, 0.2) is 82.0 Å². The van der Waals surface area contributed by atoms with Crippen molar-refractivity contribution >= 4 is 34.4 Å². The van der Waals surface area contributed by atoms with Gasteiger partial charge in [-0.15, -0.1) is 0 Å². The van der Waals surface area contributed by atoms with Crippen molar-refractivity contribution in [2.24, 2.45) is 0 Å². The van der Waals surface area contributed by atoms with Crippen molar-refractivity contribution in [2.45, 2.75) is 13.3 Å². The number of hydrogen-bond donors (Lipinski definition) is 3. The second-order valence-electron chi connectivity index (χ2n) is 7.98. The van der Waals surface area contributed by atoms with Crippen molar-refractivity contribution in [2.75, 3.05) is 11.9 Å². The van der Waals surface area contributed by atoms with E-state index < -0.39 is 11.9 Å². The predicted molar refractivity (Wildman–Crippen MR) is 132 cm³/mol. The fraction of sp³-hybridized carbons (Fsp3) is 0.111. The van der Waals surface area contributed by atoms with Crippen LogP contribution in [0.1, 0.15) is 32.7 Å². The van der Waals surface area contributed by atoms with Crippen molar-refractivity contribution < 1.29 is 23.9 Å². The van der Waals surface area contributed by atoms with Gasteiger partial charge in [0.2, 0.25) is 0 Å². The highest BCUT2D eigenvalue weighted by Crippen LogP contribution is 2.23. The van der Waals surface area contributed by atoms with Crippen LogP contribution in [0.3, 0.4) is 0 Å². The molecular weight excluding hydrogens is 448 g/mol. The Kier molecular flexibility index (Phi) is 6.73. The summed E-state index contributed by atoms with van der Waals surface area (Å²) in [5, 5.41) is 14.4. The van der Waals surface area contributed by atoms with Crippen LogP contribution in [0.4, 0.5) is 5.69 Å². The molecule has 0 unspecified atom stereocenters. The topological polar surface area (TPSA) is 126 Å². The van der Waals surface area contributed by atoms with E-state index in [0.717, 1.165) is 5.56 Å². The van der Waals surface area contributed by atoms with Crippen molar-refractivity contribution in [3.63, 3.8) is 0 Å². The molecule has 0 aliphatic heterocycles. The standard InChI is InChI=1S/C27H22N2O6/c1-16-2-11-23-21(14-16)22(30)15-24(35-23)17-3-5-19(6-4-17)27(34)29-20-9-7-18(8-10-20)26(33)28-13-12-25(31)32/h2-11,14-15H,12-13H2,1H3,(H,28,33)(H,29,34)(H,31,32). The molecule has 0 aliphatic rings. The minimum absolute atomic E-state index is 0.0327.